The first-order valence-corrected chi connectivity index (χ1v) is 4.78. The zero-order valence-corrected chi connectivity index (χ0v) is 9.31. The minimum Gasteiger partial charge on any atom is -0.192 e. The van der Waals surface area contributed by atoms with E-state index in [1.165, 1.54) is 12.1 Å². The van der Waals surface area contributed by atoms with Crippen LogP contribution >= 0.6 is 0 Å². The lowest BCUT2D eigenvalue weighted by Crippen LogP contribution is -2.14. The van der Waals surface area contributed by atoms with Crippen LogP contribution in [0.4, 0.5) is 13.2 Å². The fourth-order valence-electron chi connectivity index (χ4n) is 1.35. The number of hydrogen-bond acceptors (Lipinski definition) is 1. The van der Waals surface area contributed by atoms with Gasteiger partial charge in [-0.3, -0.25) is 0 Å². The molecule has 1 nitrogen and oxygen atoms in total. The van der Waals surface area contributed by atoms with E-state index in [4.69, 9.17) is 5.26 Å². The Morgan fingerprint density at radius 3 is 2.06 bits per heavy atom. The molecule has 0 aromatic heterocycles. The van der Waals surface area contributed by atoms with Gasteiger partial charge < -0.3 is 0 Å². The standard InChI is InChI=1S/C12H12F3N/c1-11(2,3)9-4-5-10(12(13,14)15)8(6-9)7-16/h4-6H,1-3H3. The molecule has 0 spiro atoms. The van der Waals surface area contributed by atoms with Crippen molar-refractivity contribution in [2.75, 3.05) is 0 Å². The highest BCUT2D eigenvalue weighted by atomic mass is 19.4. The molecule has 0 radical (unpaired) electrons. The molecule has 0 atom stereocenters. The highest BCUT2D eigenvalue weighted by molar-refractivity contribution is 5.44. The van der Waals surface area contributed by atoms with Gasteiger partial charge in [0.25, 0.3) is 0 Å². The fraction of sp³-hybridized carbons (Fsp3) is 0.417. The minimum atomic E-state index is -4.47. The Kier molecular flexibility index (Phi) is 3.00. The number of halogens is 3. The van der Waals surface area contributed by atoms with Crippen LogP contribution in [0.3, 0.4) is 0 Å². The van der Waals surface area contributed by atoms with Crippen molar-refractivity contribution in [3.05, 3.63) is 34.9 Å². The van der Waals surface area contributed by atoms with Gasteiger partial charge in [0, 0.05) is 0 Å². The van der Waals surface area contributed by atoms with Gasteiger partial charge in [0.2, 0.25) is 0 Å². The van der Waals surface area contributed by atoms with Gasteiger partial charge in [0.15, 0.2) is 0 Å². The number of hydrogen-bond donors (Lipinski definition) is 0. The first-order chi connectivity index (χ1) is 7.16. The van der Waals surface area contributed by atoms with Gasteiger partial charge in [-0.15, -0.1) is 0 Å². The smallest absolute Gasteiger partial charge is 0.192 e. The van der Waals surface area contributed by atoms with Crippen LogP contribution < -0.4 is 0 Å². The Bertz CT molecular complexity index is 433. The summed E-state index contributed by atoms with van der Waals surface area (Å²) in [5.74, 6) is 0. The highest BCUT2D eigenvalue weighted by Gasteiger charge is 2.34. The van der Waals surface area contributed by atoms with E-state index in [1.807, 2.05) is 20.8 Å². The molecule has 1 aromatic carbocycles. The zero-order valence-electron chi connectivity index (χ0n) is 9.31. The van der Waals surface area contributed by atoms with Crippen LogP contribution in [0.5, 0.6) is 0 Å². The summed E-state index contributed by atoms with van der Waals surface area (Å²) in [6, 6.07) is 5.29. The number of nitriles is 1. The van der Waals surface area contributed by atoms with Gasteiger partial charge in [0.05, 0.1) is 17.2 Å². The van der Waals surface area contributed by atoms with Crippen LogP contribution in [-0.2, 0) is 11.6 Å². The van der Waals surface area contributed by atoms with Gasteiger partial charge in [-0.05, 0) is 23.1 Å². The molecule has 0 bridgehead atoms. The fourth-order valence-corrected chi connectivity index (χ4v) is 1.35. The van der Waals surface area contributed by atoms with E-state index < -0.39 is 11.7 Å². The lowest BCUT2D eigenvalue weighted by Gasteiger charge is -2.20. The van der Waals surface area contributed by atoms with Crippen molar-refractivity contribution >= 4 is 0 Å². The number of nitrogens with zero attached hydrogens (tertiary/aromatic N) is 1. The number of alkyl halides is 3. The monoisotopic (exact) mass is 227 g/mol. The number of rotatable bonds is 0. The lowest BCUT2D eigenvalue weighted by atomic mass is 9.85. The molecule has 0 N–H and O–H groups in total. The van der Waals surface area contributed by atoms with E-state index >= 15 is 0 Å². The summed E-state index contributed by atoms with van der Waals surface area (Å²) in [6.45, 7) is 5.66. The average molecular weight is 227 g/mol. The molecule has 1 rings (SSSR count). The molecule has 0 unspecified atom stereocenters. The first-order valence-electron chi connectivity index (χ1n) is 4.78. The molecule has 0 saturated heterocycles. The van der Waals surface area contributed by atoms with E-state index in [0.29, 0.717) is 0 Å². The van der Waals surface area contributed by atoms with Gasteiger partial charge in [-0.25, -0.2) is 0 Å². The minimum absolute atomic E-state index is 0.268. The normalized spacial score (nSPS) is 12.3. The summed E-state index contributed by atoms with van der Waals surface area (Å²) in [7, 11) is 0. The molecule has 0 aliphatic heterocycles. The van der Waals surface area contributed by atoms with E-state index in [0.717, 1.165) is 11.6 Å². The van der Waals surface area contributed by atoms with Crippen LogP contribution in [-0.4, -0.2) is 0 Å². The SMILES string of the molecule is CC(C)(C)c1ccc(C(F)(F)F)c(C#N)c1. The Morgan fingerprint density at radius 1 is 1.12 bits per heavy atom. The third kappa shape index (κ3) is 2.54. The van der Waals surface area contributed by atoms with Crippen LogP contribution in [0.2, 0.25) is 0 Å². The van der Waals surface area contributed by atoms with Gasteiger partial charge >= 0.3 is 6.18 Å². The average Bonchev–Trinajstić information content (AvgIpc) is 2.14. The molecule has 0 aliphatic rings. The quantitative estimate of drug-likeness (QED) is 0.659. The molecule has 0 amide bonds. The topological polar surface area (TPSA) is 23.8 Å². The van der Waals surface area contributed by atoms with Crippen molar-refractivity contribution in [1.82, 2.24) is 0 Å². The van der Waals surface area contributed by atoms with Crippen molar-refractivity contribution in [3.8, 4) is 6.07 Å². The van der Waals surface area contributed by atoms with Crippen molar-refractivity contribution in [2.45, 2.75) is 32.4 Å². The lowest BCUT2D eigenvalue weighted by molar-refractivity contribution is -0.137. The number of benzene rings is 1. The second-order valence-corrected chi connectivity index (χ2v) is 4.62. The molecule has 0 heterocycles. The third-order valence-electron chi connectivity index (χ3n) is 2.31. The van der Waals surface area contributed by atoms with Gasteiger partial charge in [-0.2, -0.15) is 18.4 Å². The summed E-state index contributed by atoms with van der Waals surface area (Å²) < 4.78 is 37.5. The van der Waals surface area contributed by atoms with Gasteiger partial charge in [0.1, 0.15) is 0 Å². The van der Waals surface area contributed by atoms with Crippen molar-refractivity contribution in [1.29, 1.82) is 5.26 Å². The van der Waals surface area contributed by atoms with Crippen molar-refractivity contribution in [2.24, 2.45) is 0 Å². The molecule has 0 fully saturated rings. The highest BCUT2D eigenvalue weighted by Crippen LogP contribution is 2.34. The Hall–Kier alpha value is -1.50. The molecular formula is C12H12F3N. The predicted molar refractivity (Wildman–Crippen MR) is 54.9 cm³/mol. The summed E-state index contributed by atoms with van der Waals surface area (Å²) in [5, 5.41) is 8.72. The van der Waals surface area contributed by atoms with Crippen LogP contribution in [0.25, 0.3) is 0 Å². The Labute approximate surface area is 92.5 Å². The molecule has 4 heteroatoms. The zero-order chi connectivity index (χ0) is 12.6. The van der Waals surface area contributed by atoms with E-state index in [1.54, 1.807) is 6.07 Å². The summed E-state index contributed by atoms with van der Waals surface area (Å²) in [4.78, 5) is 0. The van der Waals surface area contributed by atoms with Crippen molar-refractivity contribution < 1.29 is 13.2 Å². The van der Waals surface area contributed by atoms with E-state index in [9.17, 15) is 13.2 Å². The maximum atomic E-state index is 12.5. The van der Waals surface area contributed by atoms with E-state index in [2.05, 4.69) is 0 Å². The van der Waals surface area contributed by atoms with Crippen LogP contribution in [0.15, 0.2) is 18.2 Å². The molecular weight excluding hydrogens is 215 g/mol. The van der Waals surface area contributed by atoms with E-state index in [-0.39, 0.29) is 11.0 Å². The van der Waals surface area contributed by atoms with Crippen LogP contribution in [0.1, 0.15) is 37.5 Å². The Morgan fingerprint density at radius 2 is 1.69 bits per heavy atom. The second kappa shape index (κ2) is 3.82. The molecule has 0 saturated carbocycles. The van der Waals surface area contributed by atoms with Crippen molar-refractivity contribution in [3.63, 3.8) is 0 Å². The summed E-state index contributed by atoms with van der Waals surface area (Å²) in [5.41, 5.74) is -0.740. The third-order valence-corrected chi connectivity index (χ3v) is 2.31. The van der Waals surface area contributed by atoms with Gasteiger partial charge in [-0.1, -0.05) is 26.8 Å². The molecule has 0 aliphatic carbocycles. The summed E-state index contributed by atoms with van der Waals surface area (Å²) in [6.07, 6.45) is -4.47. The Balaban J connectivity index is 3.36. The molecule has 16 heavy (non-hydrogen) atoms. The van der Waals surface area contributed by atoms with Crippen LogP contribution in [0, 0.1) is 11.3 Å². The molecule has 1 aromatic rings. The maximum Gasteiger partial charge on any atom is 0.417 e. The predicted octanol–water partition coefficient (Wildman–Crippen LogP) is 3.87. The molecule has 86 valence electrons. The summed E-state index contributed by atoms with van der Waals surface area (Å²) >= 11 is 0. The second-order valence-electron chi connectivity index (χ2n) is 4.62. The first kappa shape index (κ1) is 12.6. The largest absolute Gasteiger partial charge is 0.417 e. The maximum absolute atomic E-state index is 12.5.